The minimum atomic E-state index is -0.480. The third kappa shape index (κ3) is 2.90. The topological polar surface area (TPSA) is 72.1 Å². The molecule has 2 heterocycles. The molecule has 0 aliphatic heterocycles. The average molecular weight is 326 g/mol. The van der Waals surface area contributed by atoms with Gasteiger partial charge in [-0.05, 0) is 42.8 Å². The summed E-state index contributed by atoms with van der Waals surface area (Å²) in [4.78, 5) is 31.5. The van der Waals surface area contributed by atoms with Crippen molar-refractivity contribution >= 4 is 22.7 Å². The summed E-state index contributed by atoms with van der Waals surface area (Å²) in [5.74, 6) is -1.26. The molecule has 6 heteroatoms. The van der Waals surface area contributed by atoms with Crippen LogP contribution in [0.15, 0.2) is 36.5 Å². The number of benzene rings is 1. The van der Waals surface area contributed by atoms with Crippen molar-refractivity contribution in [3.05, 3.63) is 64.9 Å². The highest BCUT2D eigenvalue weighted by Gasteiger charge is 2.22. The number of rotatable bonds is 4. The van der Waals surface area contributed by atoms with E-state index < -0.39 is 11.8 Å². The van der Waals surface area contributed by atoms with Crippen molar-refractivity contribution in [1.82, 2.24) is 9.97 Å². The zero-order chi connectivity index (χ0) is 17.3. The van der Waals surface area contributed by atoms with Gasteiger partial charge in [0.25, 0.3) is 0 Å². The monoisotopic (exact) mass is 326 g/mol. The van der Waals surface area contributed by atoms with Crippen LogP contribution in [-0.4, -0.2) is 28.8 Å². The van der Waals surface area contributed by atoms with Gasteiger partial charge in [0.15, 0.2) is 0 Å². The molecule has 0 bridgehead atoms. The molecule has 122 valence electrons. The zero-order valence-corrected chi connectivity index (χ0v) is 13.2. The van der Waals surface area contributed by atoms with Crippen molar-refractivity contribution in [2.75, 3.05) is 7.11 Å². The number of pyridine rings is 1. The number of aromatic amines is 1. The van der Waals surface area contributed by atoms with Crippen LogP contribution in [0.5, 0.6) is 0 Å². The van der Waals surface area contributed by atoms with Crippen molar-refractivity contribution in [2.24, 2.45) is 0 Å². The van der Waals surface area contributed by atoms with Gasteiger partial charge in [0.2, 0.25) is 5.78 Å². The molecule has 3 aromatic rings. The molecule has 5 nitrogen and oxygen atoms in total. The Balaban J connectivity index is 2.16. The fourth-order valence-corrected chi connectivity index (χ4v) is 2.61. The summed E-state index contributed by atoms with van der Waals surface area (Å²) in [6.07, 6.45) is 1.46. The van der Waals surface area contributed by atoms with Gasteiger partial charge in [0.1, 0.15) is 11.5 Å². The number of methoxy groups -OCH3 is 1. The number of aryl methyl sites for hydroxylation is 1. The summed E-state index contributed by atoms with van der Waals surface area (Å²) >= 11 is 0. The van der Waals surface area contributed by atoms with Crippen LogP contribution < -0.4 is 0 Å². The maximum Gasteiger partial charge on any atom is 0.310 e. The van der Waals surface area contributed by atoms with E-state index in [0.717, 1.165) is 5.56 Å². The Morgan fingerprint density at radius 2 is 2.04 bits per heavy atom. The summed E-state index contributed by atoms with van der Waals surface area (Å²) in [7, 11) is 1.28. The van der Waals surface area contributed by atoms with E-state index in [0.29, 0.717) is 16.5 Å². The second-order valence-electron chi connectivity index (χ2n) is 5.47. The molecule has 0 atom stereocenters. The van der Waals surface area contributed by atoms with Crippen molar-refractivity contribution in [2.45, 2.75) is 13.3 Å². The van der Waals surface area contributed by atoms with Crippen LogP contribution in [0.1, 0.15) is 27.3 Å². The molecule has 0 radical (unpaired) electrons. The lowest BCUT2D eigenvalue weighted by atomic mass is 10.0. The van der Waals surface area contributed by atoms with Gasteiger partial charge < -0.3 is 9.72 Å². The number of ether oxygens (including phenoxy) is 1. The van der Waals surface area contributed by atoms with Crippen molar-refractivity contribution in [3.8, 4) is 0 Å². The molecule has 0 amide bonds. The lowest BCUT2D eigenvalue weighted by Gasteiger charge is -2.04. The number of ketones is 1. The molecular weight excluding hydrogens is 311 g/mol. The van der Waals surface area contributed by atoms with Crippen molar-refractivity contribution in [3.63, 3.8) is 0 Å². The van der Waals surface area contributed by atoms with Crippen LogP contribution >= 0.6 is 0 Å². The standard InChI is InChI=1S/C18H15FN2O3/c1-10-5-6-20-15(7-10)18(23)17-13(9-16(22)24-2)12-4-3-11(19)8-14(12)21-17/h3-8,21H,9H2,1-2H3. The summed E-state index contributed by atoms with van der Waals surface area (Å²) in [5.41, 5.74) is 2.30. The number of hydrogen-bond donors (Lipinski definition) is 1. The molecule has 0 unspecified atom stereocenters. The Bertz CT molecular complexity index is 947. The number of halogens is 1. The number of H-pyrrole nitrogens is 1. The highest BCUT2D eigenvalue weighted by molar-refractivity contribution is 6.11. The molecule has 0 spiro atoms. The third-order valence-corrected chi connectivity index (χ3v) is 3.79. The molecule has 0 saturated carbocycles. The Morgan fingerprint density at radius 1 is 1.25 bits per heavy atom. The van der Waals surface area contributed by atoms with Crippen LogP contribution in [0.25, 0.3) is 10.9 Å². The Morgan fingerprint density at radius 3 is 2.75 bits per heavy atom. The molecule has 0 aliphatic carbocycles. The zero-order valence-electron chi connectivity index (χ0n) is 13.2. The third-order valence-electron chi connectivity index (χ3n) is 3.79. The van der Waals surface area contributed by atoms with E-state index in [1.165, 1.54) is 19.2 Å². The molecular formula is C18H15FN2O3. The van der Waals surface area contributed by atoms with Gasteiger partial charge in [-0.3, -0.25) is 14.6 Å². The number of hydrogen-bond acceptors (Lipinski definition) is 4. The first-order chi connectivity index (χ1) is 11.5. The number of aromatic nitrogens is 2. The fourth-order valence-electron chi connectivity index (χ4n) is 2.61. The first-order valence-electron chi connectivity index (χ1n) is 7.34. The van der Waals surface area contributed by atoms with E-state index in [2.05, 4.69) is 9.97 Å². The summed E-state index contributed by atoms with van der Waals surface area (Å²) in [6.45, 7) is 1.86. The minimum Gasteiger partial charge on any atom is -0.469 e. The lowest BCUT2D eigenvalue weighted by molar-refractivity contribution is -0.139. The van der Waals surface area contributed by atoms with Crippen LogP contribution in [0.4, 0.5) is 4.39 Å². The van der Waals surface area contributed by atoms with Crippen LogP contribution in [0.3, 0.4) is 0 Å². The van der Waals surface area contributed by atoms with E-state index in [4.69, 9.17) is 4.74 Å². The van der Waals surface area contributed by atoms with Gasteiger partial charge in [0.05, 0.1) is 19.2 Å². The molecule has 3 rings (SSSR count). The van der Waals surface area contributed by atoms with Gasteiger partial charge in [-0.15, -0.1) is 0 Å². The normalized spacial score (nSPS) is 10.8. The molecule has 1 aromatic carbocycles. The maximum absolute atomic E-state index is 13.5. The predicted octanol–water partition coefficient (Wildman–Crippen LogP) is 2.96. The minimum absolute atomic E-state index is 0.0883. The average Bonchev–Trinajstić information content (AvgIpc) is 2.91. The molecule has 2 aromatic heterocycles. The second-order valence-corrected chi connectivity index (χ2v) is 5.47. The first-order valence-corrected chi connectivity index (χ1v) is 7.34. The van der Waals surface area contributed by atoms with Crippen molar-refractivity contribution < 1.29 is 18.7 Å². The molecule has 0 aliphatic rings. The quantitative estimate of drug-likeness (QED) is 0.591. The summed E-state index contributed by atoms with van der Waals surface area (Å²) < 4.78 is 18.2. The van der Waals surface area contributed by atoms with E-state index in [-0.39, 0.29) is 23.6 Å². The summed E-state index contributed by atoms with van der Waals surface area (Å²) in [6, 6.07) is 7.57. The molecule has 0 fully saturated rings. The van der Waals surface area contributed by atoms with E-state index >= 15 is 0 Å². The first kappa shape index (κ1) is 15.9. The largest absolute Gasteiger partial charge is 0.469 e. The van der Waals surface area contributed by atoms with Gasteiger partial charge in [-0.1, -0.05) is 0 Å². The molecule has 24 heavy (non-hydrogen) atoms. The van der Waals surface area contributed by atoms with Gasteiger partial charge in [-0.2, -0.15) is 0 Å². The number of nitrogens with one attached hydrogen (secondary N) is 1. The Kier molecular flexibility index (Phi) is 4.12. The van der Waals surface area contributed by atoms with E-state index in [1.54, 1.807) is 24.4 Å². The van der Waals surface area contributed by atoms with Crippen LogP contribution in [-0.2, 0) is 16.0 Å². The SMILES string of the molecule is COC(=O)Cc1c(C(=O)c2cc(C)ccn2)[nH]c2cc(F)ccc12. The van der Waals surface area contributed by atoms with Gasteiger partial charge in [0, 0.05) is 22.7 Å². The molecule has 0 saturated heterocycles. The van der Waals surface area contributed by atoms with Gasteiger partial charge >= 0.3 is 5.97 Å². The van der Waals surface area contributed by atoms with Crippen molar-refractivity contribution in [1.29, 1.82) is 0 Å². The maximum atomic E-state index is 13.5. The predicted molar refractivity (Wildman–Crippen MR) is 86.4 cm³/mol. The van der Waals surface area contributed by atoms with Crippen LogP contribution in [0, 0.1) is 12.7 Å². The number of fused-ring (bicyclic) bond motifs is 1. The van der Waals surface area contributed by atoms with E-state index in [1.807, 2.05) is 6.92 Å². The number of carbonyl (C=O) groups is 2. The Labute approximate surface area is 137 Å². The van der Waals surface area contributed by atoms with Gasteiger partial charge in [-0.25, -0.2) is 4.39 Å². The molecule has 1 N–H and O–H groups in total. The second kappa shape index (κ2) is 6.23. The lowest BCUT2D eigenvalue weighted by Crippen LogP contribution is -2.11. The summed E-state index contributed by atoms with van der Waals surface area (Å²) in [5, 5.41) is 0.609. The Hall–Kier alpha value is -3.02. The fraction of sp³-hybridized carbons (Fsp3) is 0.167. The van der Waals surface area contributed by atoms with E-state index in [9.17, 15) is 14.0 Å². The highest BCUT2D eigenvalue weighted by Crippen LogP contribution is 2.26. The number of carbonyl (C=O) groups excluding carboxylic acids is 2. The number of nitrogens with zero attached hydrogens (tertiary/aromatic N) is 1. The number of esters is 1. The highest BCUT2D eigenvalue weighted by atomic mass is 19.1. The smallest absolute Gasteiger partial charge is 0.310 e. The van der Waals surface area contributed by atoms with Crippen LogP contribution in [0.2, 0.25) is 0 Å².